The highest BCUT2D eigenvalue weighted by atomic mass is 19.1. The number of ether oxygens (including phenoxy) is 1. The van der Waals surface area contributed by atoms with E-state index in [1.807, 2.05) is 6.07 Å². The van der Waals surface area contributed by atoms with Crippen LogP contribution < -0.4 is 5.32 Å². The molecule has 6 heteroatoms. The van der Waals surface area contributed by atoms with E-state index in [2.05, 4.69) is 10.1 Å². The van der Waals surface area contributed by atoms with Crippen molar-refractivity contribution in [2.24, 2.45) is 5.92 Å². The second kappa shape index (κ2) is 7.24. The first-order valence-electron chi connectivity index (χ1n) is 6.01. The van der Waals surface area contributed by atoms with Gasteiger partial charge in [-0.2, -0.15) is 5.26 Å². The summed E-state index contributed by atoms with van der Waals surface area (Å²) in [5.41, 5.74) is 0.100. The van der Waals surface area contributed by atoms with Crippen LogP contribution in [0.15, 0.2) is 24.3 Å². The van der Waals surface area contributed by atoms with E-state index in [4.69, 9.17) is 5.26 Å². The van der Waals surface area contributed by atoms with E-state index in [1.54, 1.807) is 6.92 Å². The molecule has 1 N–H and O–H groups in total. The number of hydrogen-bond donors (Lipinski definition) is 1. The number of amides is 1. The van der Waals surface area contributed by atoms with Gasteiger partial charge >= 0.3 is 5.97 Å². The number of nitriles is 1. The summed E-state index contributed by atoms with van der Waals surface area (Å²) in [7, 11) is 1.20. The largest absolute Gasteiger partial charge is 0.467 e. The van der Waals surface area contributed by atoms with Gasteiger partial charge in [0.2, 0.25) is 0 Å². The number of rotatable bonds is 5. The Morgan fingerprint density at radius 1 is 1.50 bits per heavy atom. The van der Waals surface area contributed by atoms with Gasteiger partial charge in [-0.1, -0.05) is 6.07 Å². The van der Waals surface area contributed by atoms with Gasteiger partial charge in [0.25, 0.3) is 5.91 Å². The smallest absolute Gasteiger partial charge is 0.328 e. The Labute approximate surface area is 116 Å². The van der Waals surface area contributed by atoms with Crippen molar-refractivity contribution in [3.63, 3.8) is 0 Å². The Balaban J connectivity index is 2.81. The van der Waals surface area contributed by atoms with Crippen molar-refractivity contribution in [1.29, 1.82) is 5.26 Å². The maximum absolute atomic E-state index is 13.0. The topological polar surface area (TPSA) is 79.2 Å². The molecule has 1 aromatic carbocycles. The molecule has 0 saturated heterocycles. The summed E-state index contributed by atoms with van der Waals surface area (Å²) in [6.45, 7) is 1.63. The van der Waals surface area contributed by atoms with E-state index in [1.165, 1.54) is 25.3 Å². The van der Waals surface area contributed by atoms with Crippen LogP contribution in [-0.4, -0.2) is 25.0 Å². The summed E-state index contributed by atoms with van der Waals surface area (Å²) in [5.74, 6) is -2.20. The molecule has 1 aromatic rings. The summed E-state index contributed by atoms with van der Waals surface area (Å²) < 4.78 is 17.6. The van der Waals surface area contributed by atoms with Gasteiger partial charge in [-0.15, -0.1) is 0 Å². The molecule has 5 nitrogen and oxygen atoms in total. The van der Waals surface area contributed by atoms with E-state index >= 15 is 0 Å². The molecule has 0 heterocycles. The second-order valence-corrected chi connectivity index (χ2v) is 4.33. The third-order valence-electron chi connectivity index (χ3n) is 2.69. The highest BCUT2D eigenvalue weighted by Gasteiger charge is 2.24. The highest BCUT2D eigenvalue weighted by Crippen LogP contribution is 2.09. The van der Waals surface area contributed by atoms with Gasteiger partial charge in [0.1, 0.15) is 11.9 Å². The number of carbonyl (C=O) groups is 2. The Bertz CT molecular complexity index is 539. The van der Waals surface area contributed by atoms with Crippen LogP contribution >= 0.6 is 0 Å². The van der Waals surface area contributed by atoms with Crippen LogP contribution in [-0.2, 0) is 9.53 Å². The van der Waals surface area contributed by atoms with Gasteiger partial charge < -0.3 is 10.1 Å². The minimum Gasteiger partial charge on any atom is -0.467 e. The second-order valence-electron chi connectivity index (χ2n) is 4.33. The van der Waals surface area contributed by atoms with Crippen LogP contribution in [0.3, 0.4) is 0 Å². The molecular formula is C14H15FN2O3. The molecular weight excluding hydrogens is 263 g/mol. The number of nitrogens with one attached hydrogen (secondary N) is 1. The fourth-order valence-corrected chi connectivity index (χ4v) is 1.63. The monoisotopic (exact) mass is 278 g/mol. The number of nitrogens with zero attached hydrogens (tertiary/aromatic N) is 1. The molecule has 106 valence electrons. The summed E-state index contributed by atoms with van der Waals surface area (Å²) in [6, 6.07) is 6.15. The molecule has 0 spiro atoms. The molecule has 0 aliphatic rings. The highest BCUT2D eigenvalue weighted by molar-refractivity contribution is 5.96. The zero-order valence-corrected chi connectivity index (χ0v) is 11.2. The first kappa shape index (κ1) is 15.6. The number of methoxy groups -OCH3 is 1. The molecule has 0 saturated carbocycles. The van der Waals surface area contributed by atoms with Crippen molar-refractivity contribution in [1.82, 2.24) is 5.32 Å². The van der Waals surface area contributed by atoms with Crippen molar-refractivity contribution < 1.29 is 18.7 Å². The number of halogens is 1. The summed E-state index contributed by atoms with van der Waals surface area (Å²) in [5, 5.41) is 11.2. The predicted octanol–water partition coefficient (Wildman–Crippen LogP) is 1.65. The Hall–Kier alpha value is -2.42. The standard InChI is InChI=1S/C14H15FN2O3/c1-9(8-16)6-12(14(19)20-2)17-13(18)10-4-3-5-11(15)7-10/h3-5,7,9,12H,6H2,1-2H3,(H,17,18)/t9-,12-/m1/s1. The van der Waals surface area contributed by atoms with Gasteiger partial charge in [-0.25, -0.2) is 9.18 Å². The summed E-state index contributed by atoms with van der Waals surface area (Å²) in [4.78, 5) is 23.5. The van der Waals surface area contributed by atoms with Crippen LogP contribution in [0, 0.1) is 23.1 Å². The SMILES string of the molecule is COC(=O)[C@@H](C[C@@H](C)C#N)NC(=O)c1cccc(F)c1. The van der Waals surface area contributed by atoms with E-state index in [0.29, 0.717) is 0 Å². The van der Waals surface area contributed by atoms with E-state index in [0.717, 1.165) is 6.07 Å². The third-order valence-corrected chi connectivity index (χ3v) is 2.69. The van der Waals surface area contributed by atoms with Gasteiger partial charge in [-0.3, -0.25) is 4.79 Å². The van der Waals surface area contributed by atoms with Gasteiger partial charge in [0.05, 0.1) is 13.2 Å². The maximum atomic E-state index is 13.0. The lowest BCUT2D eigenvalue weighted by Gasteiger charge is -2.17. The van der Waals surface area contributed by atoms with E-state index < -0.39 is 29.7 Å². The molecule has 0 unspecified atom stereocenters. The zero-order valence-electron chi connectivity index (χ0n) is 11.2. The van der Waals surface area contributed by atoms with Gasteiger partial charge in [-0.05, 0) is 31.5 Å². The first-order valence-corrected chi connectivity index (χ1v) is 6.01. The van der Waals surface area contributed by atoms with Crippen LogP contribution in [0.2, 0.25) is 0 Å². The van der Waals surface area contributed by atoms with Crippen molar-refractivity contribution in [3.05, 3.63) is 35.6 Å². The minimum absolute atomic E-state index is 0.100. The number of carbonyl (C=O) groups excluding carboxylic acids is 2. The maximum Gasteiger partial charge on any atom is 0.328 e. The minimum atomic E-state index is -0.939. The molecule has 0 aliphatic heterocycles. The lowest BCUT2D eigenvalue weighted by atomic mass is 10.0. The quantitative estimate of drug-likeness (QED) is 0.830. The van der Waals surface area contributed by atoms with Gasteiger partial charge in [0, 0.05) is 11.5 Å². The molecule has 0 aromatic heterocycles. The zero-order chi connectivity index (χ0) is 15.1. The Kier molecular flexibility index (Phi) is 5.66. The number of esters is 1. The average molecular weight is 278 g/mol. The molecule has 1 amide bonds. The van der Waals surface area contributed by atoms with Crippen molar-refractivity contribution in [2.45, 2.75) is 19.4 Å². The number of benzene rings is 1. The lowest BCUT2D eigenvalue weighted by molar-refractivity contribution is -0.143. The molecule has 0 fully saturated rings. The fourth-order valence-electron chi connectivity index (χ4n) is 1.63. The molecule has 0 bridgehead atoms. The van der Waals surface area contributed by atoms with E-state index in [-0.39, 0.29) is 12.0 Å². The molecule has 0 radical (unpaired) electrons. The van der Waals surface area contributed by atoms with Crippen LogP contribution in [0.5, 0.6) is 0 Å². The average Bonchev–Trinajstić information content (AvgIpc) is 2.45. The van der Waals surface area contributed by atoms with Crippen LogP contribution in [0.25, 0.3) is 0 Å². The summed E-state index contributed by atoms with van der Waals surface area (Å²) >= 11 is 0. The third kappa shape index (κ3) is 4.35. The Morgan fingerprint density at radius 2 is 2.20 bits per heavy atom. The Morgan fingerprint density at radius 3 is 2.75 bits per heavy atom. The van der Waals surface area contributed by atoms with Crippen molar-refractivity contribution in [2.75, 3.05) is 7.11 Å². The van der Waals surface area contributed by atoms with Crippen LogP contribution in [0.1, 0.15) is 23.7 Å². The van der Waals surface area contributed by atoms with Crippen molar-refractivity contribution >= 4 is 11.9 Å². The molecule has 2 atom stereocenters. The lowest BCUT2D eigenvalue weighted by Crippen LogP contribution is -2.42. The molecule has 1 rings (SSSR count). The van der Waals surface area contributed by atoms with Gasteiger partial charge in [0.15, 0.2) is 0 Å². The fraction of sp³-hybridized carbons (Fsp3) is 0.357. The summed E-state index contributed by atoms with van der Waals surface area (Å²) in [6.07, 6.45) is 0.129. The number of hydrogen-bond acceptors (Lipinski definition) is 4. The van der Waals surface area contributed by atoms with Crippen LogP contribution in [0.4, 0.5) is 4.39 Å². The van der Waals surface area contributed by atoms with E-state index in [9.17, 15) is 14.0 Å². The molecule has 0 aliphatic carbocycles. The van der Waals surface area contributed by atoms with Crippen molar-refractivity contribution in [3.8, 4) is 6.07 Å². The first-order chi connectivity index (χ1) is 9.47. The molecule has 20 heavy (non-hydrogen) atoms. The normalized spacial score (nSPS) is 12.9. The predicted molar refractivity (Wildman–Crippen MR) is 69.1 cm³/mol.